The van der Waals surface area contributed by atoms with Crippen LogP contribution in [0.4, 0.5) is 5.69 Å². The lowest BCUT2D eigenvalue weighted by molar-refractivity contribution is 0.0690. The smallest absolute Gasteiger partial charge is 0.256 e. The minimum atomic E-state index is 0.0924. The maximum absolute atomic E-state index is 12.8. The minimum Gasteiger partial charge on any atom is -0.335 e. The van der Waals surface area contributed by atoms with Crippen LogP contribution in [0.1, 0.15) is 48.9 Å². The number of nitrogens with one attached hydrogen (secondary N) is 1. The fourth-order valence-electron chi connectivity index (χ4n) is 3.73. The van der Waals surface area contributed by atoms with Crippen LogP contribution < -0.4 is 11.3 Å². The summed E-state index contributed by atoms with van der Waals surface area (Å²) in [6.07, 6.45) is 10.7. The van der Waals surface area contributed by atoms with Gasteiger partial charge in [0.15, 0.2) is 0 Å². The quantitative estimate of drug-likeness (QED) is 0.654. The van der Waals surface area contributed by atoms with E-state index in [4.69, 9.17) is 5.84 Å². The summed E-state index contributed by atoms with van der Waals surface area (Å²) in [4.78, 5) is 18.9. The van der Waals surface area contributed by atoms with Crippen LogP contribution >= 0.6 is 0 Å². The van der Waals surface area contributed by atoms with E-state index in [9.17, 15) is 4.79 Å². The van der Waals surface area contributed by atoms with Crippen molar-refractivity contribution < 1.29 is 4.79 Å². The molecule has 2 heterocycles. The summed E-state index contributed by atoms with van der Waals surface area (Å²) >= 11 is 0. The van der Waals surface area contributed by atoms with E-state index in [1.165, 1.54) is 25.7 Å². The Morgan fingerprint density at radius 2 is 2.10 bits per heavy atom. The van der Waals surface area contributed by atoms with Crippen molar-refractivity contribution in [2.24, 2.45) is 11.8 Å². The molecule has 1 unspecified atom stereocenters. The van der Waals surface area contributed by atoms with Crippen LogP contribution in [0.25, 0.3) is 0 Å². The van der Waals surface area contributed by atoms with E-state index in [1.807, 2.05) is 0 Å². The number of likely N-dealkylation sites (tertiary alicyclic amines) is 1. The van der Waals surface area contributed by atoms with Gasteiger partial charge in [0.05, 0.1) is 17.4 Å². The largest absolute Gasteiger partial charge is 0.335 e. The van der Waals surface area contributed by atoms with Crippen LogP contribution in [0.15, 0.2) is 18.5 Å². The second-order valence-electron chi connectivity index (χ2n) is 5.82. The number of hydrogen-bond acceptors (Lipinski definition) is 4. The van der Waals surface area contributed by atoms with Crippen LogP contribution in [-0.4, -0.2) is 28.4 Å². The first-order valence-electron chi connectivity index (χ1n) is 7.53. The molecule has 0 radical (unpaired) electrons. The number of hydrazine groups is 1. The molecule has 0 bridgehead atoms. The number of carbonyl (C=O) groups is 1. The van der Waals surface area contributed by atoms with E-state index in [0.717, 1.165) is 19.4 Å². The Morgan fingerprint density at radius 3 is 2.85 bits per heavy atom. The number of amides is 1. The predicted octanol–water partition coefficient (Wildman–Crippen LogP) is 2.16. The summed E-state index contributed by atoms with van der Waals surface area (Å²) in [6.45, 7) is 0.867. The Balaban J connectivity index is 1.81. The van der Waals surface area contributed by atoms with Gasteiger partial charge in [0.2, 0.25) is 0 Å². The second kappa shape index (κ2) is 5.79. The molecule has 1 atom stereocenters. The first kappa shape index (κ1) is 13.4. The molecule has 3 rings (SSSR count). The molecule has 1 aliphatic carbocycles. The number of nitrogens with zero attached hydrogens (tertiary/aromatic N) is 2. The summed E-state index contributed by atoms with van der Waals surface area (Å²) in [5.74, 6) is 6.27. The summed E-state index contributed by atoms with van der Waals surface area (Å²) < 4.78 is 0. The van der Waals surface area contributed by atoms with Crippen LogP contribution in [0.2, 0.25) is 0 Å². The van der Waals surface area contributed by atoms with Crippen molar-refractivity contribution in [2.45, 2.75) is 44.6 Å². The van der Waals surface area contributed by atoms with Crippen LogP contribution in [-0.2, 0) is 0 Å². The molecule has 3 N–H and O–H groups in total. The number of nitrogen functional groups attached to an aromatic ring is 1. The highest BCUT2D eigenvalue weighted by Gasteiger charge is 2.36. The van der Waals surface area contributed by atoms with Gasteiger partial charge in [0.25, 0.3) is 5.91 Å². The molecule has 1 saturated carbocycles. The van der Waals surface area contributed by atoms with E-state index in [2.05, 4.69) is 15.3 Å². The number of pyridine rings is 1. The molecule has 1 aliphatic heterocycles. The highest BCUT2D eigenvalue weighted by molar-refractivity contribution is 5.99. The fourth-order valence-corrected chi connectivity index (χ4v) is 3.73. The second-order valence-corrected chi connectivity index (χ2v) is 5.82. The third-order valence-corrected chi connectivity index (χ3v) is 4.71. The SMILES string of the molecule is NNc1cnccc1C(=O)N1CCCC1C1CCCC1. The van der Waals surface area contributed by atoms with Crippen molar-refractivity contribution in [3.05, 3.63) is 24.0 Å². The van der Waals surface area contributed by atoms with Crippen molar-refractivity contribution in [3.63, 3.8) is 0 Å². The van der Waals surface area contributed by atoms with Gasteiger partial charge in [-0.1, -0.05) is 12.8 Å². The Kier molecular flexibility index (Phi) is 3.87. The van der Waals surface area contributed by atoms with Crippen LogP contribution in [0, 0.1) is 5.92 Å². The lowest BCUT2D eigenvalue weighted by Crippen LogP contribution is -2.39. The van der Waals surface area contributed by atoms with Gasteiger partial charge in [-0.2, -0.15) is 0 Å². The fraction of sp³-hybridized carbons (Fsp3) is 0.600. The van der Waals surface area contributed by atoms with E-state index in [0.29, 0.717) is 23.2 Å². The van der Waals surface area contributed by atoms with Crippen molar-refractivity contribution >= 4 is 11.6 Å². The number of aromatic nitrogens is 1. The molecule has 5 nitrogen and oxygen atoms in total. The summed E-state index contributed by atoms with van der Waals surface area (Å²) in [7, 11) is 0. The van der Waals surface area contributed by atoms with Gasteiger partial charge in [-0.05, 0) is 37.7 Å². The lowest BCUT2D eigenvalue weighted by atomic mass is 9.95. The Bertz CT molecular complexity index is 485. The molecular weight excluding hydrogens is 252 g/mol. The van der Waals surface area contributed by atoms with Gasteiger partial charge in [-0.15, -0.1) is 0 Å². The molecule has 0 aromatic carbocycles. The highest BCUT2D eigenvalue weighted by Crippen LogP contribution is 2.36. The maximum atomic E-state index is 12.8. The van der Waals surface area contributed by atoms with Crippen molar-refractivity contribution in [1.82, 2.24) is 9.88 Å². The predicted molar refractivity (Wildman–Crippen MR) is 78.1 cm³/mol. The summed E-state index contributed by atoms with van der Waals surface area (Å²) in [6, 6.07) is 2.17. The maximum Gasteiger partial charge on any atom is 0.256 e. The first-order chi connectivity index (χ1) is 9.81. The third kappa shape index (κ3) is 2.38. The number of anilines is 1. The average Bonchev–Trinajstić information content (AvgIpc) is 3.16. The monoisotopic (exact) mass is 274 g/mol. The third-order valence-electron chi connectivity index (χ3n) is 4.71. The van der Waals surface area contributed by atoms with Crippen LogP contribution in [0.3, 0.4) is 0 Å². The molecular formula is C15H22N4O. The Labute approximate surface area is 119 Å². The number of rotatable bonds is 3. The minimum absolute atomic E-state index is 0.0924. The topological polar surface area (TPSA) is 71.2 Å². The average molecular weight is 274 g/mol. The number of nitrogens with two attached hydrogens (primary N) is 1. The van der Waals surface area contributed by atoms with Crippen molar-refractivity contribution in [1.29, 1.82) is 0 Å². The van der Waals surface area contributed by atoms with Gasteiger partial charge >= 0.3 is 0 Å². The zero-order chi connectivity index (χ0) is 13.9. The van der Waals surface area contributed by atoms with Gasteiger partial charge in [-0.3, -0.25) is 15.6 Å². The number of carbonyl (C=O) groups excluding carboxylic acids is 1. The van der Waals surface area contributed by atoms with E-state index >= 15 is 0 Å². The molecule has 108 valence electrons. The molecule has 1 saturated heterocycles. The Hall–Kier alpha value is -1.62. The molecule has 1 amide bonds. The van der Waals surface area contributed by atoms with Gasteiger partial charge in [-0.25, -0.2) is 0 Å². The normalized spacial score (nSPS) is 23.2. The molecule has 2 aliphatic rings. The van der Waals surface area contributed by atoms with Crippen LogP contribution in [0.5, 0.6) is 0 Å². The van der Waals surface area contributed by atoms with Gasteiger partial charge < -0.3 is 10.3 Å². The molecule has 2 fully saturated rings. The zero-order valence-electron chi connectivity index (χ0n) is 11.7. The molecule has 1 aromatic heterocycles. The summed E-state index contributed by atoms with van der Waals surface area (Å²) in [5.41, 5.74) is 3.81. The number of hydrogen-bond donors (Lipinski definition) is 2. The van der Waals surface area contributed by atoms with Gasteiger partial charge in [0.1, 0.15) is 0 Å². The highest BCUT2D eigenvalue weighted by atomic mass is 16.2. The van der Waals surface area contributed by atoms with E-state index in [1.54, 1.807) is 18.5 Å². The zero-order valence-corrected chi connectivity index (χ0v) is 11.7. The molecule has 0 spiro atoms. The van der Waals surface area contributed by atoms with Crippen molar-refractivity contribution in [2.75, 3.05) is 12.0 Å². The van der Waals surface area contributed by atoms with E-state index in [-0.39, 0.29) is 5.91 Å². The lowest BCUT2D eigenvalue weighted by Gasteiger charge is -2.30. The Morgan fingerprint density at radius 1 is 1.30 bits per heavy atom. The standard InChI is InChI=1S/C15H22N4O/c16-18-13-10-17-8-7-12(13)15(20)19-9-3-6-14(19)11-4-1-2-5-11/h7-8,10-11,14,18H,1-6,9,16H2. The molecule has 1 aromatic rings. The first-order valence-corrected chi connectivity index (χ1v) is 7.53. The summed E-state index contributed by atoms with van der Waals surface area (Å²) in [5, 5.41) is 0. The van der Waals surface area contributed by atoms with Gasteiger partial charge in [0, 0.05) is 18.8 Å². The van der Waals surface area contributed by atoms with E-state index < -0.39 is 0 Å². The molecule has 5 heteroatoms. The van der Waals surface area contributed by atoms with Crippen molar-refractivity contribution in [3.8, 4) is 0 Å². The molecule has 20 heavy (non-hydrogen) atoms.